The molecule has 7 heteroatoms. The number of carbonyl (C=O) groups is 1. The van der Waals surface area contributed by atoms with Crippen LogP contribution in [0.5, 0.6) is 0 Å². The van der Waals surface area contributed by atoms with E-state index in [4.69, 9.17) is 16.6 Å². The predicted molar refractivity (Wildman–Crippen MR) is 103 cm³/mol. The van der Waals surface area contributed by atoms with Crippen molar-refractivity contribution in [3.05, 3.63) is 53.3 Å². The van der Waals surface area contributed by atoms with Crippen LogP contribution >= 0.6 is 11.6 Å². The summed E-state index contributed by atoms with van der Waals surface area (Å²) in [5.74, 6) is 0.964. The van der Waals surface area contributed by atoms with Crippen molar-refractivity contribution in [1.82, 2.24) is 19.7 Å². The third-order valence-electron chi connectivity index (χ3n) is 4.80. The van der Waals surface area contributed by atoms with E-state index in [1.54, 1.807) is 17.1 Å². The Morgan fingerprint density at radius 1 is 1.23 bits per heavy atom. The molecule has 1 aliphatic rings. The number of halogens is 1. The largest absolute Gasteiger partial charge is 0.353 e. The summed E-state index contributed by atoms with van der Waals surface area (Å²) in [5.41, 5.74) is 1.56. The van der Waals surface area contributed by atoms with E-state index in [9.17, 15) is 4.79 Å². The molecule has 1 aromatic carbocycles. The molecule has 4 rings (SSSR count). The Balaban J connectivity index is 1.51. The average Bonchev–Trinajstić information content (AvgIpc) is 3.07. The third-order valence-corrected chi connectivity index (χ3v) is 5.04. The van der Waals surface area contributed by atoms with Crippen LogP contribution in [0.1, 0.15) is 17.3 Å². The van der Waals surface area contributed by atoms with Gasteiger partial charge in [-0.25, -0.2) is 4.98 Å². The van der Waals surface area contributed by atoms with Crippen LogP contribution in [0.15, 0.2) is 42.7 Å². The van der Waals surface area contributed by atoms with Crippen LogP contribution in [0, 0.1) is 0 Å². The van der Waals surface area contributed by atoms with Crippen molar-refractivity contribution < 1.29 is 4.79 Å². The molecule has 0 aliphatic carbocycles. The molecule has 26 heavy (non-hydrogen) atoms. The zero-order valence-electron chi connectivity index (χ0n) is 14.8. The van der Waals surface area contributed by atoms with Crippen molar-refractivity contribution in [1.29, 1.82) is 0 Å². The zero-order chi connectivity index (χ0) is 18.3. The highest BCUT2D eigenvalue weighted by atomic mass is 35.5. The van der Waals surface area contributed by atoms with Crippen molar-refractivity contribution in [2.75, 3.05) is 24.5 Å². The highest BCUT2D eigenvalue weighted by Crippen LogP contribution is 2.24. The van der Waals surface area contributed by atoms with Gasteiger partial charge in [-0.2, -0.15) is 5.10 Å². The monoisotopic (exact) mass is 369 g/mol. The Bertz CT molecular complexity index is 969. The van der Waals surface area contributed by atoms with Gasteiger partial charge in [0, 0.05) is 49.3 Å². The summed E-state index contributed by atoms with van der Waals surface area (Å²) < 4.78 is 1.65. The van der Waals surface area contributed by atoms with Gasteiger partial charge in [0.05, 0.1) is 17.3 Å². The minimum Gasteiger partial charge on any atom is -0.353 e. The van der Waals surface area contributed by atoms with E-state index in [2.05, 4.69) is 16.9 Å². The quantitative estimate of drug-likeness (QED) is 0.697. The highest BCUT2D eigenvalue weighted by Gasteiger charge is 2.29. The number of aromatic nitrogens is 3. The highest BCUT2D eigenvalue weighted by molar-refractivity contribution is 6.31. The molecule has 1 fully saturated rings. The third kappa shape index (κ3) is 3.12. The summed E-state index contributed by atoms with van der Waals surface area (Å²) in [5, 5.41) is 5.83. The fourth-order valence-corrected chi connectivity index (χ4v) is 3.61. The number of carbonyl (C=O) groups excluding carboxylic acids is 1. The molecule has 2 aromatic heterocycles. The zero-order valence-corrected chi connectivity index (χ0v) is 15.5. The van der Waals surface area contributed by atoms with Crippen molar-refractivity contribution in [2.45, 2.75) is 13.0 Å². The van der Waals surface area contributed by atoms with Crippen molar-refractivity contribution in [3.63, 3.8) is 0 Å². The second-order valence-corrected chi connectivity index (χ2v) is 7.14. The predicted octanol–water partition coefficient (Wildman–Crippen LogP) is 2.97. The summed E-state index contributed by atoms with van der Waals surface area (Å²) in [7, 11) is 1.82. The van der Waals surface area contributed by atoms with Gasteiger partial charge in [-0.05, 0) is 37.3 Å². The second kappa shape index (κ2) is 6.61. The first kappa shape index (κ1) is 16.8. The number of hydrogen-bond donors (Lipinski definition) is 0. The lowest BCUT2D eigenvalue weighted by atomic mass is 10.1. The van der Waals surface area contributed by atoms with E-state index >= 15 is 0 Å². The number of hydrogen-bond acceptors (Lipinski definition) is 4. The molecule has 134 valence electrons. The van der Waals surface area contributed by atoms with Crippen LogP contribution in [-0.4, -0.2) is 51.2 Å². The molecule has 0 saturated carbocycles. The Labute approximate surface area is 157 Å². The first-order chi connectivity index (χ1) is 12.5. The van der Waals surface area contributed by atoms with Gasteiger partial charge < -0.3 is 9.80 Å². The lowest BCUT2D eigenvalue weighted by Gasteiger charge is -2.40. The maximum absolute atomic E-state index is 12.7. The number of aryl methyl sites for hydroxylation is 1. The van der Waals surface area contributed by atoms with Gasteiger partial charge >= 0.3 is 0 Å². The number of pyridine rings is 1. The number of anilines is 1. The number of rotatable bonds is 2. The fraction of sp³-hybridized carbons (Fsp3) is 0.316. The average molecular weight is 370 g/mol. The smallest absolute Gasteiger partial charge is 0.257 e. The van der Waals surface area contributed by atoms with E-state index in [1.807, 2.05) is 42.3 Å². The van der Waals surface area contributed by atoms with E-state index in [0.29, 0.717) is 17.1 Å². The van der Waals surface area contributed by atoms with Gasteiger partial charge in [0.1, 0.15) is 5.82 Å². The molecule has 0 bridgehead atoms. The van der Waals surface area contributed by atoms with Gasteiger partial charge in [-0.15, -0.1) is 0 Å². The van der Waals surface area contributed by atoms with Gasteiger partial charge in [0.15, 0.2) is 0 Å². The summed E-state index contributed by atoms with van der Waals surface area (Å²) >= 11 is 6.04. The summed E-state index contributed by atoms with van der Waals surface area (Å²) in [6, 6.07) is 9.87. The van der Waals surface area contributed by atoms with E-state index in [0.717, 1.165) is 29.8 Å². The minimum absolute atomic E-state index is 0.0337. The maximum Gasteiger partial charge on any atom is 0.257 e. The Hall–Kier alpha value is -2.60. The first-order valence-corrected chi connectivity index (χ1v) is 9.00. The van der Waals surface area contributed by atoms with Crippen molar-refractivity contribution >= 4 is 34.2 Å². The number of fused-ring (bicyclic) bond motifs is 1. The van der Waals surface area contributed by atoms with Crippen LogP contribution in [0.25, 0.3) is 10.9 Å². The second-order valence-electron chi connectivity index (χ2n) is 6.70. The summed E-state index contributed by atoms with van der Waals surface area (Å²) in [4.78, 5) is 21.6. The van der Waals surface area contributed by atoms with Crippen molar-refractivity contribution in [2.24, 2.45) is 7.05 Å². The van der Waals surface area contributed by atoms with E-state index < -0.39 is 0 Å². The number of amides is 1. The molecular formula is C19H20ClN5O. The molecule has 0 N–H and O–H groups in total. The molecule has 0 spiro atoms. The first-order valence-electron chi connectivity index (χ1n) is 8.62. The standard InChI is InChI=1S/C19H20ClN5O/c1-13-11-24(7-8-25(13)19(26)15-10-21-23(2)12-15)18-6-3-14-9-16(20)4-5-17(14)22-18/h3-6,9-10,12-13H,7-8,11H2,1-2H3. The van der Waals surface area contributed by atoms with E-state index in [-0.39, 0.29) is 11.9 Å². The number of nitrogens with zero attached hydrogens (tertiary/aromatic N) is 5. The molecular weight excluding hydrogens is 350 g/mol. The molecule has 3 aromatic rings. The lowest BCUT2D eigenvalue weighted by Crippen LogP contribution is -2.54. The molecule has 3 heterocycles. The number of piperazine rings is 1. The summed E-state index contributed by atoms with van der Waals surface area (Å²) in [6.07, 6.45) is 3.38. The van der Waals surface area contributed by atoms with E-state index in [1.165, 1.54) is 0 Å². The van der Waals surface area contributed by atoms with Crippen LogP contribution < -0.4 is 4.90 Å². The molecule has 1 unspecified atom stereocenters. The SMILES string of the molecule is CC1CN(c2ccc3cc(Cl)ccc3n2)CCN1C(=O)c1cnn(C)c1. The molecule has 0 radical (unpaired) electrons. The topological polar surface area (TPSA) is 54.3 Å². The lowest BCUT2D eigenvalue weighted by molar-refractivity contribution is 0.0673. The molecule has 6 nitrogen and oxygen atoms in total. The van der Waals surface area contributed by atoms with Crippen molar-refractivity contribution in [3.8, 4) is 0 Å². The van der Waals surface area contributed by atoms with Crippen LogP contribution in [0.2, 0.25) is 5.02 Å². The van der Waals surface area contributed by atoms with Gasteiger partial charge in [0.25, 0.3) is 5.91 Å². The van der Waals surface area contributed by atoms with Gasteiger partial charge in [0.2, 0.25) is 0 Å². The Morgan fingerprint density at radius 3 is 2.81 bits per heavy atom. The normalized spacial score (nSPS) is 17.7. The fourth-order valence-electron chi connectivity index (χ4n) is 3.43. The number of benzene rings is 1. The molecule has 1 amide bonds. The Morgan fingerprint density at radius 2 is 2.08 bits per heavy atom. The van der Waals surface area contributed by atoms with Gasteiger partial charge in [-0.1, -0.05) is 11.6 Å². The molecule has 1 aliphatic heterocycles. The van der Waals surface area contributed by atoms with Gasteiger partial charge in [-0.3, -0.25) is 9.48 Å². The minimum atomic E-state index is 0.0337. The summed E-state index contributed by atoms with van der Waals surface area (Å²) in [6.45, 7) is 4.23. The molecule has 1 saturated heterocycles. The van der Waals surface area contributed by atoms with Crippen LogP contribution in [0.3, 0.4) is 0 Å². The maximum atomic E-state index is 12.7. The van der Waals surface area contributed by atoms with Crippen LogP contribution in [0.4, 0.5) is 5.82 Å². The molecule has 1 atom stereocenters. The van der Waals surface area contributed by atoms with Crippen LogP contribution in [-0.2, 0) is 7.05 Å². The Kier molecular flexibility index (Phi) is 4.28.